The van der Waals surface area contributed by atoms with Gasteiger partial charge in [0.15, 0.2) is 0 Å². The molecule has 0 N–H and O–H groups in total. The molecule has 1 aromatic heterocycles. The van der Waals surface area contributed by atoms with Crippen LogP contribution in [0.3, 0.4) is 0 Å². The van der Waals surface area contributed by atoms with Crippen LogP contribution in [0.4, 0.5) is 21.5 Å². The van der Waals surface area contributed by atoms with Gasteiger partial charge in [0.25, 0.3) is 0 Å². The van der Waals surface area contributed by atoms with E-state index in [2.05, 4.69) is 298 Å². The molecule has 0 saturated heterocycles. The zero-order valence-corrected chi connectivity index (χ0v) is 48.1. The molecule has 1 aliphatic rings. The number of halogens is 1. The van der Waals surface area contributed by atoms with Gasteiger partial charge in [-0.15, -0.1) is 0 Å². The fourth-order valence-corrected chi connectivity index (χ4v) is 13.0. The Morgan fingerprint density at radius 3 is 1.38 bits per heavy atom. The van der Waals surface area contributed by atoms with E-state index in [1.807, 2.05) is 24.3 Å². The average Bonchev–Trinajstić information content (AvgIpc) is 1.68. The quantitative estimate of drug-likeness (QED) is 0.112. The molecule has 1 unspecified atom stereocenters. The first-order chi connectivity index (χ1) is 41.5. The number of anilines is 3. The van der Waals surface area contributed by atoms with Crippen molar-refractivity contribution in [2.45, 2.75) is 38.0 Å². The Hall–Kier alpha value is -10.4. The highest BCUT2D eigenvalue weighted by Crippen LogP contribution is 2.56. The van der Waals surface area contributed by atoms with Gasteiger partial charge in [0.2, 0.25) is 0 Å². The van der Waals surface area contributed by atoms with E-state index in [0.29, 0.717) is 0 Å². The Bertz CT molecular complexity index is 4620. The summed E-state index contributed by atoms with van der Waals surface area (Å²) in [6, 6.07) is 101. The predicted octanol–water partition coefficient (Wildman–Crippen LogP) is 22.2. The molecule has 3 heteroatoms. The maximum atomic E-state index is 14.1. The van der Waals surface area contributed by atoms with Crippen molar-refractivity contribution in [2.75, 3.05) is 4.90 Å². The van der Waals surface area contributed by atoms with Crippen LogP contribution >= 0.6 is 0 Å². The van der Waals surface area contributed by atoms with Crippen LogP contribution in [0.15, 0.2) is 292 Å². The van der Waals surface area contributed by atoms with Gasteiger partial charge in [-0.3, -0.25) is 0 Å². The molecule has 12 aromatic carbocycles. The number of aromatic nitrogens is 1. The van der Waals surface area contributed by atoms with Crippen LogP contribution < -0.4 is 4.90 Å². The third-order valence-corrected chi connectivity index (χ3v) is 17.6. The fourth-order valence-electron chi connectivity index (χ4n) is 13.0. The molecule has 408 valence electrons. The highest BCUT2D eigenvalue weighted by molar-refractivity contribution is 6.11. The lowest BCUT2D eigenvalue weighted by molar-refractivity contribution is 0.586. The third kappa shape index (κ3) is 9.58. The monoisotopic (exact) mass is 1090 g/mol. The summed E-state index contributed by atoms with van der Waals surface area (Å²) in [5.74, 6) is -0.248. The van der Waals surface area contributed by atoms with E-state index in [1.54, 1.807) is 0 Å². The van der Waals surface area contributed by atoms with E-state index in [4.69, 9.17) is 0 Å². The first kappa shape index (κ1) is 52.7. The second-order valence-electron chi connectivity index (χ2n) is 23.6. The number of rotatable bonds is 13. The molecule has 0 amide bonds. The van der Waals surface area contributed by atoms with Crippen molar-refractivity contribution in [3.8, 4) is 61.3 Å². The molecule has 0 saturated carbocycles. The van der Waals surface area contributed by atoms with E-state index in [9.17, 15) is 4.39 Å². The molecule has 14 rings (SSSR count). The summed E-state index contributed by atoms with van der Waals surface area (Å²) in [7, 11) is 0. The van der Waals surface area contributed by atoms with E-state index >= 15 is 0 Å². The average molecular weight is 1100 g/mol. The van der Waals surface area contributed by atoms with Crippen molar-refractivity contribution in [2.24, 2.45) is 0 Å². The standard InChI is InChI=1S/C82H63FN2/c1-6-55-17-19-57(20-18-55)54-82(67-39-37-66(38-40-67)81(3,4)5)77-16-12-11-15-73(77)74-48-47-72(53-78(74)82)84(71-45-33-61(34-46-71)59-29-41-68(83)42-30-59)70-43-31-60(32-44-70)58-25-27-63(28-26-58)65-36-50-80-76(52-65)75-51-64(62-23-21-56(7-2)22-24-62)35-49-79(75)85(80)69-13-9-8-10-14-69/h6-53H,1-2,54H2,3-5H3. The molecule has 1 atom stereocenters. The normalized spacial score (nSPS) is 13.6. The Morgan fingerprint density at radius 2 is 0.847 bits per heavy atom. The SMILES string of the molecule is C=Cc1ccc(CC2(c3ccc(C(C)(C)C)cc3)c3ccccc3-c3ccc(N(c4ccc(-c5ccc(F)cc5)cc4)c4ccc(-c5ccc(-c6ccc7c(c6)c6cc(-c8ccc(C=C)cc8)ccc6n7-c6ccccc6)cc5)cc4)cc32)cc1. The molecule has 0 spiro atoms. The van der Waals surface area contributed by atoms with Crippen molar-refractivity contribution in [3.63, 3.8) is 0 Å². The van der Waals surface area contributed by atoms with E-state index < -0.39 is 5.41 Å². The summed E-state index contributed by atoms with van der Waals surface area (Å²) in [6.45, 7) is 14.9. The topological polar surface area (TPSA) is 8.17 Å². The first-order valence-electron chi connectivity index (χ1n) is 29.3. The Kier molecular flexibility index (Phi) is 13.3. The minimum atomic E-state index is -0.503. The summed E-state index contributed by atoms with van der Waals surface area (Å²) in [5, 5.41) is 2.42. The molecule has 0 bridgehead atoms. The van der Waals surface area contributed by atoms with Gasteiger partial charge in [0.1, 0.15) is 5.82 Å². The maximum Gasteiger partial charge on any atom is 0.123 e. The van der Waals surface area contributed by atoms with Crippen LogP contribution in [-0.4, -0.2) is 4.57 Å². The molecule has 1 heterocycles. The lowest BCUT2D eigenvalue weighted by atomic mass is 9.68. The number of para-hydroxylation sites is 1. The number of nitrogens with zero attached hydrogens (tertiary/aromatic N) is 2. The Labute approximate surface area is 498 Å². The number of hydrogen-bond donors (Lipinski definition) is 0. The van der Waals surface area contributed by atoms with Gasteiger partial charge in [-0.25, -0.2) is 4.39 Å². The molecule has 0 aliphatic heterocycles. The van der Waals surface area contributed by atoms with Crippen molar-refractivity contribution >= 4 is 51.0 Å². The smallest absolute Gasteiger partial charge is 0.123 e. The van der Waals surface area contributed by atoms with Crippen LogP contribution in [0.2, 0.25) is 0 Å². The van der Waals surface area contributed by atoms with Crippen LogP contribution in [0, 0.1) is 5.82 Å². The summed E-state index contributed by atoms with van der Waals surface area (Å²) < 4.78 is 16.5. The second-order valence-corrected chi connectivity index (χ2v) is 23.6. The largest absolute Gasteiger partial charge is 0.310 e. The summed E-state index contributed by atoms with van der Waals surface area (Å²) >= 11 is 0. The summed E-state index contributed by atoms with van der Waals surface area (Å²) in [6.07, 6.45) is 4.57. The van der Waals surface area contributed by atoms with Gasteiger partial charge in [0.05, 0.1) is 16.4 Å². The molecular formula is C82H63FN2. The van der Waals surface area contributed by atoms with Crippen molar-refractivity contribution in [1.82, 2.24) is 4.57 Å². The molecule has 0 radical (unpaired) electrons. The zero-order chi connectivity index (χ0) is 57.8. The first-order valence-corrected chi connectivity index (χ1v) is 29.3. The molecule has 13 aromatic rings. The van der Waals surface area contributed by atoms with E-state index in [-0.39, 0.29) is 11.2 Å². The fraction of sp³-hybridized carbons (Fsp3) is 0.0732. The lowest BCUT2D eigenvalue weighted by Crippen LogP contribution is -2.30. The molecule has 1 aliphatic carbocycles. The zero-order valence-electron chi connectivity index (χ0n) is 48.1. The van der Waals surface area contributed by atoms with Crippen molar-refractivity contribution < 1.29 is 4.39 Å². The van der Waals surface area contributed by atoms with Crippen LogP contribution in [0.25, 0.3) is 95.3 Å². The van der Waals surface area contributed by atoms with Crippen LogP contribution in [-0.2, 0) is 17.3 Å². The maximum absolute atomic E-state index is 14.1. The highest BCUT2D eigenvalue weighted by atomic mass is 19.1. The van der Waals surface area contributed by atoms with Gasteiger partial charge in [-0.1, -0.05) is 240 Å². The minimum Gasteiger partial charge on any atom is -0.310 e. The summed E-state index contributed by atoms with van der Waals surface area (Å²) in [4.78, 5) is 2.38. The number of fused-ring (bicyclic) bond motifs is 6. The van der Waals surface area contributed by atoms with E-state index in [0.717, 1.165) is 73.7 Å². The Morgan fingerprint density at radius 1 is 0.412 bits per heavy atom. The van der Waals surface area contributed by atoms with Gasteiger partial charge < -0.3 is 9.47 Å². The van der Waals surface area contributed by atoms with Crippen LogP contribution in [0.1, 0.15) is 59.7 Å². The number of benzene rings is 12. The molecule has 0 fully saturated rings. The molecule has 2 nitrogen and oxygen atoms in total. The van der Waals surface area contributed by atoms with Crippen molar-refractivity contribution in [3.05, 3.63) is 337 Å². The van der Waals surface area contributed by atoms with E-state index in [1.165, 1.54) is 84.0 Å². The second kappa shape index (κ2) is 21.4. The Balaban J connectivity index is 0.849. The molecular weight excluding hydrogens is 1030 g/mol. The van der Waals surface area contributed by atoms with Crippen molar-refractivity contribution in [1.29, 1.82) is 0 Å². The van der Waals surface area contributed by atoms with Gasteiger partial charge in [-0.05, 0) is 191 Å². The lowest BCUT2D eigenvalue weighted by Gasteiger charge is -2.35. The third-order valence-electron chi connectivity index (χ3n) is 17.6. The predicted molar refractivity (Wildman–Crippen MR) is 358 cm³/mol. The molecule has 85 heavy (non-hydrogen) atoms. The van der Waals surface area contributed by atoms with Gasteiger partial charge >= 0.3 is 0 Å². The minimum absolute atomic E-state index is 0.00563. The number of hydrogen-bond acceptors (Lipinski definition) is 1. The highest BCUT2D eigenvalue weighted by Gasteiger charge is 2.45. The van der Waals surface area contributed by atoms with Gasteiger partial charge in [-0.2, -0.15) is 0 Å². The van der Waals surface area contributed by atoms with Crippen LogP contribution in [0.5, 0.6) is 0 Å². The van der Waals surface area contributed by atoms with Gasteiger partial charge in [0, 0.05) is 33.5 Å². The summed E-state index contributed by atoms with van der Waals surface area (Å²) in [5.41, 5.74) is 26.1.